The molecule has 1 N–H and O–H groups in total. The molecule has 0 saturated heterocycles. The number of hydrogen-bond donors (Lipinski definition) is 1. The number of carbonyl (C=O) groups excluding carboxylic acids is 2. The van der Waals surface area contributed by atoms with Crippen LogP contribution in [0.4, 0.5) is 0 Å². The molecule has 24 heavy (non-hydrogen) atoms. The van der Waals surface area contributed by atoms with Crippen molar-refractivity contribution in [3.05, 3.63) is 21.4 Å². The first-order valence-electron chi connectivity index (χ1n) is 9.19. The van der Waals surface area contributed by atoms with Gasteiger partial charge in [0.15, 0.2) is 6.10 Å². The quantitative estimate of drug-likeness (QED) is 0.821. The van der Waals surface area contributed by atoms with E-state index in [1.165, 1.54) is 47.5 Å². The van der Waals surface area contributed by atoms with Crippen LogP contribution >= 0.6 is 11.3 Å². The lowest BCUT2D eigenvalue weighted by atomic mass is 9.87. The third-order valence-electron chi connectivity index (χ3n) is 5.32. The highest BCUT2D eigenvalue weighted by atomic mass is 32.1. The summed E-state index contributed by atoms with van der Waals surface area (Å²) >= 11 is 1.54. The van der Waals surface area contributed by atoms with Gasteiger partial charge in [-0.25, -0.2) is 4.79 Å². The van der Waals surface area contributed by atoms with E-state index in [0.717, 1.165) is 31.6 Å². The molecule has 4 nitrogen and oxygen atoms in total. The number of fused-ring (bicyclic) bond motifs is 1. The smallest absolute Gasteiger partial charge is 0.349 e. The van der Waals surface area contributed by atoms with Gasteiger partial charge in [0, 0.05) is 10.9 Å². The lowest BCUT2D eigenvalue weighted by molar-refractivity contribution is -0.129. The Bertz CT molecular complexity index is 604. The topological polar surface area (TPSA) is 55.4 Å². The Kier molecular flexibility index (Phi) is 5.59. The van der Waals surface area contributed by atoms with E-state index in [1.54, 1.807) is 6.92 Å². The fourth-order valence-electron chi connectivity index (χ4n) is 3.71. The van der Waals surface area contributed by atoms with Gasteiger partial charge in [-0.15, -0.1) is 11.3 Å². The van der Waals surface area contributed by atoms with Gasteiger partial charge in [-0.05, 0) is 56.6 Å². The number of aryl methyl sites for hydroxylation is 1. The van der Waals surface area contributed by atoms with Crippen LogP contribution in [0.1, 0.15) is 72.5 Å². The third-order valence-corrected chi connectivity index (χ3v) is 6.54. The van der Waals surface area contributed by atoms with E-state index < -0.39 is 6.10 Å². The number of ether oxygens (including phenoxy) is 1. The summed E-state index contributed by atoms with van der Waals surface area (Å²) in [4.78, 5) is 26.5. The molecule has 2 atom stereocenters. The SMILES string of the molecule is CC[C@@H]1CCc2sc(C(=O)O[C@@H](C)C(=O)NC3CCCC3)cc2C1. The van der Waals surface area contributed by atoms with Gasteiger partial charge in [0.2, 0.25) is 0 Å². The molecule has 2 aliphatic carbocycles. The van der Waals surface area contributed by atoms with Gasteiger partial charge in [0.25, 0.3) is 5.91 Å². The first-order chi connectivity index (χ1) is 11.6. The Labute approximate surface area is 148 Å². The molecule has 132 valence electrons. The number of thiophene rings is 1. The molecular weight excluding hydrogens is 322 g/mol. The van der Waals surface area contributed by atoms with Gasteiger partial charge in [-0.3, -0.25) is 4.79 Å². The zero-order chi connectivity index (χ0) is 17.1. The van der Waals surface area contributed by atoms with Crippen molar-refractivity contribution in [2.24, 2.45) is 5.92 Å². The van der Waals surface area contributed by atoms with Crippen LogP contribution in [-0.4, -0.2) is 24.0 Å². The second kappa shape index (κ2) is 7.68. The highest BCUT2D eigenvalue weighted by Crippen LogP contribution is 2.33. The van der Waals surface area contributed by atoms with Crippen LogP contribution in [0.5, 0.6) is 0 Å². The average Bonchev–Trinajstić information content (AvgIpc) is 3.22. The van der Waals surface area contributed by atoms with Gasteiger partial charge in [-0.1, -0.05) is 26.2 Å². The molecule has 1 saturated carbocycles. The molecular formula is C19H27NO3S. The predicted octanol–water partition coefficient (Wildman–Crippen LogP) is 3.87. The fourth-order valence-corrected chi connectivity index (χ4v) is 4.80. The van der Waals surface area contributed by atoms with Crippen molar-refractivity contribution in [2.75, 3.05) is 0 Å². The zero-order valence-corrected chi connectivity index (χ0v) is 15.4. The number of nitrogens with one attached hydrogen (secondary N) is 1. The molecule has 0 unspecified atom stereocenters. The fraction of sp³-hybridized carbons (Fsp3) is 0.684. The van der Waals surface area contributed by atoms with Crippen LogP contribution in [0.25, 0.3) is 0 Å². The summed E-state index contributed by atoms with van der Waals surface area (Å²) in [5, 5.41) is 2.99. The maximum Gasteiger partial charge on any atom is 0.349 e. The highest BCUT2D eigenvalue weighted by Gasteiger charge is 2.26. The lowest BCUT2D eigenvalue weighted by Gasteiger charge is -2.19. The van der Waals surface area contributed by atoms with Crippen LogP contribution in [0, 0.1) is 5.92 Å². The summed E-state index contributed by atoms with van der Waals surface area (Å²) in [7, 11) is 0. The Hall–Kier alpha value is -1.36. The summed E-state index contributed by atoms with van der Waals surface area (Å²) in [5.41, 5.74) is 1.30. The Morgan fingerprint density at radius 2 is 2.08 bits per heavy atom. The molecule has 0 aromatic carbocycles. The molecule has 0 spiro atoms. The van der Waals surface area contributed by atoms with Gasteiger partial charge < -0.3 is 10.1 Å². The van der Waals surface area contributed by atoms with E-state index in [1.807, 2.05) is 6.07 Å². The van der Waals surface area contributed by atoms with Crippen molar-refractivity contribution in [1.29, 1.82) is 0 Å². The third kappa shape index (κ3) is 4.00. The molecule has 0 radical (unpaired) electrons. The Balaban J connectivity index is 1.56. The summed E-state index contributed by atoms with van der Waals surface area (Å²) in [6.07, 6.45) is 8.17. The number of amides is 1. The maximum atomic E-state index is 12.4. The van der Waals surface area contributed by atoms with E-state index in [-0.39, 0.29) is 17.9 Å². The van der Waals surface area contributed by atoms with Gasteiger partial charge in [-0.2, -0.15) is 0 Å². The first kappa shape index (κ1) is 17.5. The van der Waals surface area contributed by atoms with Crippen LogP contribution in [-0.2, 0) is 22.4 Å². The first-order valence-corrected chi connectivity index (χ1v) is 10.0. The Morgan fingerprint density at radius 3 is 2.79 bits per heavy atom. The molecule has 0 bridgehead atoms. The maximum absolute atomic E-state index is 12.4. The predicted molar refractivity (Wildman–Crippen MR) is 95.4 cm³/mol. The van der Waals surface area contributed by atoms with Crippen molar-refractivity contribution in [2.45, 2.75) is 77.4 Å². The van der Waals surface area contributed by atoms with Gasteiger partial charge in [0.05, 0.1) is 0 Å². The highest BCUT2D eigenvalue weighted by molar-refractivity contribution is 7.14. The summed E-state index contributed by atoms with van der Waals surface area (Å²) in [5.74, 6) is 0.186. The molecule has 1 heterocycles. The second-order valence-electron chi connectivity index (χ2n) is 7.11. The van der Waals surface area contributed by atoms with E-state index in [4.69, 9.17) is 4.74 Å². The molecule has 1 aromatic rings. The van der Waals surface area contributed by atoms with Crippen LogP contribution in [0.3, 0.4) is 0 Å². The minimum absolute atomic E-state index is 0.178. The van der Waals surface area contributed by atoms with Crippen LogP contribution in [0.15, 0.2) is 6.07 Å². The normalized spacial score (nSPS) is 22.0. The molecule has 3 rings (SSSR count). The average molecular weight is 349 g/mol. The van der Waals surface area contributed by atoms with Crippen LogP contribution in [0.2, 0.25) is 0 Å². The monoisotopic (exact) mass is 349 g/mol. The standard InChI is InChI=1S/C19H27NO3S/c1-3-13-8-9-16-14(10-13)11-17(24-16)19(22)23-12(2)18(21)20-15-6-4-5-7-15/h11-13,15H,3-10H2,1-2H3,(H,20,21)/t12-,13+/m0/s1. The molecule has 1 aromatic heterocycles. The summed E-state index contributed by atoms with van der Waals surface area (Å²) in [6.45, 7) is 3.88. The molecule has 0 aliphatic heterocycles. The number of carbonyl (C=O) groups is 2. The van der Waals surface area contributed by atoms with Crippen molar-refractivity contribution in [3.63, 3.8) is 0 Å². The van der Waals surface area contributed by atoms with Crippen molar-refractivity contribution < 1.29 is 14.3 Å². The zero-order valence-electron chi connectivity index (χ0n) is 14.6. The molecule has 5 heteroatoms. The number of hydrogen-bond acceptors (Lipinski definition) is 4. The second-order valence-corrected chi connectivity index (χ2v) is 8.25. The molecule has 2 aliphatic rings. The summed E-state index contributed by atoms with van der Waals surface area (Å²) < 4.78 is 5.40. The van der Waals surface area contributed by atoms with Gasteiger partial charge in [0.1, 0.15) is 4.88 Å². The van der Waals surface area contributed by atoms with E-state index in [2.05, 4.69) is 12.2 Å². The van der Waals surface area contributed by atoms with E-state index in [0.29, 0.717) is 4.88 Å². The minimum Gasteiger partial charge on any atom is -0.448 e. The Morgan fingerprint density at radius 1 is 1.33 bits per heavy atom. The molecule has 1 fully saturated rings. The van der Waals surface area contributed by atoms with Crippen LogP contribution < -0.4 is 5.32 Å². The minimum atomic E-state index is -0.736. The number of rotatable bonds is 5. The van der Waals surface area contributed by atoms with Crippen molar-refractivity contribution >= 4 is 23.2 Å². The lowest BCUT2D eigenvalue weighted by Crippen LogP contribution is -2.40. The molecule has 1 amide bonds. The summed E-state index contributed by atoms with van der Waals surface area (Å²) in [6, 6.07) is 2.23. The largest absolute Gasteiger partial charge is 0.448 e. The van der Waals surface area contributed by atoms with E-state index in [9.17, 15) is 9.59 Å². The van der Waals surface area contributed by atoms with Gasteiger partial charge >= 0.3 is 5.97 Å². The van der Waals surface area contributed by atoms with E-state index >= 15 is 0 Å². The van der Waals surface area contributed by atoms with Crippen molar-refractivity contribution in [3.8, 4) is 0 Å². The number of esters is 1. The van der Waals surface area contributed by atoms with Crippen molar-refractivity contribution in [1.82, 2.24) is 5.32 Å².